The van der Waals surface area contributed by atoms with Gasteiger partial charge in [0, 0.05) is 31.7 Å². The molecule has 3 aromatic carbocycles. The fourth-order valence-corrected chi connectivity index (χ4v) is 5.54. The molecule has 180 valence electrons. The molecule has 0 atom stereocenters. The van der Waals surface area contributed by atoms with E-state index in [0.717, 1.165) is 46.3 Å². The summed E-state index contributed by atoms with van der Waals surface area (Å²) in [6.07, 6.45) is -4.52. The lowest BCUT2D eigenvalue weighted by molar-refractivity contribution is -0.137. The number of rotatable bonds is 4. The van der Waals surface area contributed by atoms with Crippen LogP contribution in [0, 0.1) is 0 Å². The number of piperazine rings is 1. The monoisotopic (exact) mass is 498 g/mol. The van der Waals surface area contributed by atoms with E-state index >= 15 is 0 Å². The van der Waals surface area contributed by atoms with Crippen LogP contribution in [0.4, 0.5) is 19.0 Å². The highest BCUT2D eigenvalue weighted by Gasteiger charge is 2.32. The highest BCUT2D eigenvalue weighted by Crippen LogP contribution is 2.30. The molecule has 10 heteroatoms. The van der Waals surface area contributed by atoms with E-state index in [2.05, 4.69) is 16.3 Å². The van der Waals surface area contributed by atoms with Gasteiger partial charge in [0.1, 0.15) is 0 Å². The maximum absolute atomic E-state index is 12.9. The number of nitrogens with zero attached hydrogens (tertiary/aromatic N) is 4. The summed E-state index contributed by atoms with van der Waals surface area (Å²) in [5, 5.41) is 11.0. The van der Waals surface area contributed by atoms with E-state index < -0.39 is 21.8 Å². The number of aromatic nitrogens is 2. The van der Waals surface area contributed by atoms with Gasteiger partial charge in [-0.3, -0.25) is 0 Å². The minimum Gasteiger partial charge on any atom is -0.352 e. The van der Waals surface area contributed by atoms with Crippen molar-refractivity contribution in [2.45, 2.75) is 11.1 Å². The fourth-order valence-electron chi connectivity index (χ4n) is 4.12. The Morgan fingerprint density at radius 3 is 2.06 bits per heavy atom. The molecule has 0 amide bonds. The summed E-state index contributed by atoms with van der Waals surface area (Å²) in [7, 11) is -3.89. The molecule has 4 aromatic rings. The van der Waals surface area contributed by atoms with Crippen LogP contribution in [0.25, 0.3) is 22.0 Å². The standard InChI is InChI=1S/C25H21F3N4O2S/c26-25(27,28)21-7-9-22(10-8-21)35(33,34)32-15-13-31(14-16-32)24-12-11-23(29-30-24)20-6-5-18-3-1-2-4-19(18)17-20/h1-12,17H,13-16H2. The molecule has 35 heavy (non-hydrogen) atoms. The zero-order valence-electron chi connectivity index (χ0n) is 18.5. The van der Waals surface area contributed by atoms with E-state index in [1.807, 2.05) is 53.4 Å². The first-order chi connectivity index (χ1) is 16.7. The molecule has 0 radical (unpaired) electrons. The Balaban J connectivity index is 1.26. The largest absolute Gasteiger partial charge is 0.416 e. The van der Waals surface area contributed by atoms with Crippen LogP contribution >= 0.6 is 0 Å². The van der Waals surface area contributed by atoms with E-state index in [4.69, 9.17) is 0 Å². The van der Waals surface area contributed by atoms with Crippen LogP contribution in [0.3, 0.4) is 0 Å². The van der Waals surface area contributed by atoms with E-state index in [1.54, 1.807) is 0 Å². The van der Waals surface area contributed by atoms with E-state index in [0.29, 0.717) is 18.9 Å². The quantitative estimate of drug-likeness (QED) is 0.403. The molecule has 1 saturated heterocycles. The van der Waals surface area contributed by atoms with Crippen molar-refractivity contribution in [3.05, 3.63) is 84.4 Å². The highest BCUT2D eigenvalue weighted by molar-refractivity contribution is 7.89. The number of fused-ring (bicyclic) bond motifs is 1. The van der Waals surface area contributed by atoms with Crippen LogP contribution in [-0.4, -0.2) is 49.1 Å². The van der Waals surface area contributed by atoms with Crippen molar-refractivity contribution in [1.82, 2.24) is 14.5 Å². The summed E-state index contributed by atoms with van der Waals surface area (Å²) >= 11 is 0. The van der Waals surface area contributed by atoms with Gasteiger partial charge < -0.3 is 4.90 Å². The average Bonchev–Trinajstić information content (AvgIpc) is 2.88. The van der Waals surface area contributed by atoms with Crippen LogP contribution in [0.2, 0.25) is 0 Å². The molecule has 0 aliphatic carbocycles. The first kappa shape index (κ1) is 23.3. The smallest absolute Gasteiger partial charge is 0.352 e. The Labute approximate surface area is 200 Å². The summed E-state index contributed by atoms with van der Waals surface area (Å²) in [4.78, 5) is 1.79. The van der Waals surface area contributed by atoms with E-state index in [1.165, 1.54) is 4.31 Å². The maximum Gasteiger partial charge on any atom is 0.416 e. The molecule has 0 spiro atoms. The van der Waals surface area contributed by atoms with Gasteiger partial charge in [-0.15, -0.1) is 10.2 Å². The number of hydrogen-bond donors (Lipinski definition) is 0. The molecule has 0 unspecified atom stereocenters. The van der Waals surface area contributed by atoms with Crippen LogP contribution in [-0.2, 0) is 16.2 Å². The van der Waals surface area contributed by atoms with Gasteiger partial charge in [0.05, 0.1) is 16.2 Å². The highest BCUT2D eigenvalue weighted by atomic mass is 32.2. The fraction of sp³-hybridized carbons (Fsp3) is 0.200. The summed E-state index contributed by atoms with van der Waals surface area (Å²) < 4.78 is 65.4. The third kappa shape index (κ3) is 4.71. The summed E-state index contributed by atoms with van der Waals surface area (Å²) in [6.45, 7) is 1.17. The first-order valence-electron chi connectivity index (χ1n) is 11.0. The summed E-state index contributed by atoms with van der Waals surface area (Å²) in [6, 6.07) is 21.5. The van der Waals surface area contributed by atoms with Gasteiger partial charge in [-0.1, -0.05) is 36.4 Å². The number of benzene rings is 3. The van der Waals surface area contributed by atoms with Gasteiger partial charge >= 0.3 is 6.18 Å². The Morgan fingerprint density at radius 2 is 1.43 bits per heavy atom. The first-order valence-corrected chi connectivity index (χ1v) is 12.4. The van der Waals surface area contributed by atoms with Crippen LogP contribution in [0.1, 0.15) is 5.56 Å². The van der Waals surface area contributed by atoms with E-state index in [-0.39, 0.29) is 18.0 Å². The molecule has 0 N–H and O–H groups in total. The Bertz CT molecular complexity index is 1450. The second kappa shape index (κ2) is 8.94. The van der Waals surface area contributed by atoms with Crippen LogP contribution < -0.4 is 4.90 Å². The Morgan fingerprint density at radius 1 is 0.743 bits per heavy atom. The molecular formula is C25H21F3N4O2S. The predicted molar refractivity (Wildman–Crippen MR) is 127 cm³/mol. The van der Waals surface area contributed by atoms with Crippen molar-refractivity contribution >= 4 is 26.6 Å². The summed E-state index contributed by atoms with van der Waals surface area (Å²) in [5.74, 6) is 0.640. The molecule has 0 bridgehead atoms. The number of hydrogen-bond acceptors (Lipinski definition) is 5. The van der Waals surface area contributed by atoms with Crippen LogP contribution in [0.5, 0.6) is 0 Å². The Kier molecular flexibility index (Phi) is 5.94. The lowest BCUT2D eigenvalue weighted by Crippen LogP contribution is -2.49. The average molecular weight is 499 g/mol. The lowest BCUT2D eigenvalue weighted by Gasteiger charge is -2.34. The van der Waals surface area contributed by atoms with Gasteiger partial charge in [-0.25, -0.2) is 8.42 Å². The number of halogens is 3. The predicted octanol–water partition coefficient (Wildman–Crippen LogP) is 4.83. The molecular weight excluding hydrogens is 477 g/mol. The third-order valence-electron chi connectivity index (χ3n) is 6.08. The van der Waals surface area contributed by atoms with Crippen LogP contribution in [0.15, 0.2) is 83.8 Å². The van der Waals surface area contributed by atoms with Crippen molar-refractivity contribution in [2.75, 3.05) is 31.1 Å². The molecule has 6 nitrogen and oxygen atoms in total. The van der Waals surface area contributed by atoms with Crippen molar-refractivity contribution in [3.8, 4) is 11.3 Å². The van der Waals surface area contributed by atoms with Gasteiger partial charge in [0.2, 0.25) is 10.0 Å². The number of alkyl halides is 3. The Hall–Kier alpha value is -3.50. The molecule has 1 aliphatic heterocycles. The third-order valence-corrected chi connectivity index (χ3v) is 7.99. The van der Waals surface area contributed by atoms with Gasteiger partial charge in [0.25, 0.3) is 0 Å². The SMILES string of the molecule is O=S(=O)(c1ccc(C(F)(F)F)cc1)N1CCN(c2ccc(-c3ccc4ccccc4c3)nn2)CC1. The molecule has 2 heterocycles. The summed E-state index contributed by atoms with van der Waals surface area (Å²) in [5.41, 5.74) is 0.810. The minimum atomic E-state index is -4.52. The van der Waals surface area contributed by atoms with Crippen molar-refractivity contribution < 1.29 is 21.6 Å². The van der Waals surface area contributed by atoms with Crippen molar-refractivity contribution in [1.29, 1.82) is 0 Å². The molecule has 1 aromatic heterocycles. The normalized spacial score (nSPS) is 15.5. The lowest BCUT2D eigenvalue weighted by atomic mass is 10.1. The second-order valence-electron chi connectivity index (χ2n) is 8.25. The topological polar surface area (TPSA) is 66.4 Å². The van der Waals surface area contributed by atoms with E-state index in [9.17, 15) is 21.6 Å². The molecule has 1 fully saturated rings. The molecule has 0 saturated carbocycles. The second-order valence-corrected chi connectivity index (χ2v) is 10.2. The van der Waals surface area contributed by atoms with Gasteiger partial charge in [-0.2, -0.15) is 17.5 Å². The minimum absolute atomic E-state index is 0.154. The molecule has 1 aliphatic rings. The molecule has 5 rings (SSSR count). The number of anilines is 1. The van der Waals surface area contributed by atoms with Crippen molar-refractivity contribution in [2.24, 2.45) is 0 Å². The van der Waals surface area contributed by atoms with Gasteiger partial charge in [0.15, 0.2) is 5.82 Å². The zero-order chi connectivity index (χ0) is 24.6. The van der Waals surface area contributed by atoms with Crippen molar-refractivity contribution in [3.63, 3.8) is 0 Å². The number of sulfonamides is 1. The zero-order valence-corrected chi connectivity index (χ0v) is 19.3. The maximum atomic E-state index is 12.9. The van der Waals surface area contributed by atoms with Gasteiger partial charge in [-0.05, 0) is 53.2 Å².